The zero-order valence-electron chi connectivity index (χ0n) is 11.7. The number of alkyl halides is 1. The number of anilines is 1. The van der Waals surface area contributed by atoms with E-state index in [1.54, 1.807) is 6.07 Å². The van der Waals surface area contributed by atoms with E-state index in [-0.39, 0.29) is 0 Å². The van der Waals surface area contributed by atoms with Crippen LogP contribution in [0.5, 0.6) is 0 Å². The van der Waals surface area contributed by atoms with E-state index in [4.69, 9.17) is 11.6 Å². The lowest BCUT2D eigenvalue weighted by Gasteiger charge is -2.21. The Morgan fingerprint density at radius 3 is 2.71 bits per heavy atom. The number of fused-ring (bicyclic) bond motifs is 1. The van der Waals surface area contributed by atoms with E-state index in [2.05, 4.69) is 0 Å². The third-order valence-corrected chi connectivity index (χ3v) is 6.08. The summed E-state index contributed by atoms with van der Waals surface area (Å²) in [6.45, 7) is 2.30. The number of halogens is 1. The topological polar surface area (TPSA) is 37.4 Å². The molecule has 0 radical (unpaired) electrons. The Bertz CT molecular complexity index is 787. The summed E-state index contributed by atoms with van der Waals surface area (Å²) in [6, 6.07) is 13.0. The van der Waals surface area contributed by atoms with Crippen molar-refractivity contribution in [2.24, 2.45) is 0 Å². The van der Waals surface area contributed by atoms with Gasteiger partial charge in [-0.25, -0.2) is 8.42 Å². The van der Waals surface area contributed by atoms with Gasteiger partial charge in [-0.15, -0.1) is 11.6 Å². The summed E-state index contributed by atoms with van der Waals surface area (Å²) < 4.78 is 27.4. The highest BCUT2D eigenvalue weighted by Gasteiger charge is 2.31. The van der Waals surface area contributed by atoms with Gasteiger partial charge in [-0.2, -0.15) is 0 Å². The van der Waals surface area contributed by atoms with E-state index >= 15 is 0 Å². The molecular weight excluding hydrogens is 306 g/mol. The summed E-state index contributed by atoms with van der Waals surface area (Å²) in [5, 5.41) is 0. The van der Waals surface area contributed by atoms with Crippen LogP contribution in [0.2, 0.25) is 0 Å². The van der Waals surface area contributed by atoms with Gasteiger partial charge in [0.05, 0.1) is 10.6 Å². The van der Waals surface area contributed by atoms with Crippen LogP contribution in [-0.4, -0.2) is 15.0 Å². The van der Waals surface area contributed by atoms with E-state index < -0.39 is 10.0 Å². The average Bonchev–Trinajstić information content (AvgIpc) is 2.92. The summed E-state index contributed by atoms with van der Waals surface area (Å²) in [7, 11) is -3.54. The number of nitrogens with zero attached hydrogens (tertiary/aromatic N) is 1. The van der Waals surface area contributed by atoms with Crippen LogP contribution in [0.4, 0.5) is 5.69 Å². The lowest BCUT2D eigenvalue weighted by atomic mass is 10.2. The maximum absolute atomic E-state index is 13.0. The van der Waals surface area contributed by atoms with Crippen LogP contribution in [0.3, 0.4) is 0 Å². The molecule has 1 aliphatic rings. The second kappa shape index (κ2) is 5.35. The van der Waals surface area contributed by atoms with Gasteiger partial charge < -0.3 is 0 Å². The molecule has 2 aromatic carbocycles. The van der Waals surface area contributed by atoms with E-state index in [0.29, 0.717) is 17.3 Å². The van der Waals surface area contributed by atoms with Crippen molar-refractivity contribution in [1.82, 2.24) is 0 Å². The Morgan fingerprint density at radius 2 is 1.95 bits per heavy atom. The van der Waals surface area contributed by atoms with E-state index in [1.807, 2.05) is 43.3 Å². The number of benzene rings is 2. The second-order valence-corrected chi connectivity index (χ2v) is 7.29. The highest BCUT2D eigenvalue weighted by molar-refractivity contribution is 7.93. The molecule has 0 saturated carbocycles. The van der Waals surface area contributed by atoms with Gasteiger partial charge in [-0.1, -0.05) is 30.3 Å². The molecule has 0 N–H and O–H groups in total. The summed E-state index contributed by atoms with van der Waals surface area (Å²) in [5.41, 5.74) is 3.42. The van der Waals surface area contributed by atoms with Crippen molar-refractivity contribution in [3.05, 3.63) is 59.2 Å². The number of sulfonamides is 1. The molecule has 2 aromatic rings. The van der Waals surface area contributed by atoms with Gasteiger partial charge in [-0.05, 0) is 42.2 Å². The molecule has 0 saturated heterocycles. The molecular formula is C16H16ClNO2S. The fraction of sp³-hybridized carbons (Fsp3) is 0.250. The van der Waals surface area contributed by atoms with Crippen molar-refractivity contribution in [3.63, 3.8) is 0 Å². The number of rotatable bonds is 3. The molecule has 3 rings (SSSR count). The van der Waals surface area contributed by atoms with Crippen molar-refractivity contribution >= 4 is 27.3 Å². The SMILES string of the molecule is Cc1ccc(CCl)cc1S(=O)(=O)N1CCc2ccccc21. The maximum atomic E-state index is 13.0. The summed E-state index contributed by atoms with van der Waals surface area (Å²) in [6.07, 6.45) is 0.754. The molecule has 21 heavy (non-hydrogen) atoms. The summed E-state index contributed by atoms with van der Waals surface area (Å²) >= 11 is 5.83. The van der Waals surface area contributed by atoms with Crippen molar-refractivity contribution < 1.29 is 8.42 Å². The van der Waals surface area contributed by atoms with Crippen LogP contribution >= 0.6 is 11.6 Å². The van der Waals surface area contributed by atoms with Crippen LogP contribution in [0, 0.1) is 6.92 Å². The fourth-order valence-electron chi connectivity index (χ4n) is 2.68. The first-order chi connectivity index (χ1) is 10.0. The fourth-order valence-corrected chi connectivity index (χ4v) is 4.63. The maximum Gasteiger partial charge on any atom is 0.264 e. The van der Waals surface area contributed by atoms with Crippen molar-refractivity contribution in [2.75, 3.05) is 10.8 Å². The molecule has 1 heterocycles. The largest absolute Gasteiger partial charge is 0.266 e. The van der Waals surface area contributed by atoms with Gasteiger partial charge in [0.15, 0.2) is 0 Å². The third kappa shape index (κ3) is 2.43. The molecule has 0 aromatic heterocycles. The molecule has 0 unspecified atom stereocenters. The monoisotopic (exact) mass is 321 g/mol. The first-order valence-electron chi connectivity index (χ1n) is 6.80. The first-order valence-corrected chi connectivity index (χ1v) is 8.77. The molecule has 0 bridgehead atoms. The summed E-state index contributed by atoms with van der Waals surface area (Å²) in [4.78, 5) is 0.345. The van der Waals surface area contributed by atoms with Crippen molar-refractivity contribution in [3.8, 4) is 0 Å². The highest BCUT2D eigenvalue weighted by atomic mass is 35.5. The predicted octanol–water partition coefficient (Wildman–Crippen LogP) is 3.49. The highest BCUT2D eigenvalue weighted by Crippen LogP contribution is 2.33. The Labute approximate surface area is 130 Å². The van der Waals surface area contributed by atoms with Crippen LogP contribution < -0.4 is 4.31 Å². The van der Waals surface area contributed by atoms with E-state index in [1.165, 1.54) is 4.31 Å². The van der Waals surface area contributed by atoms with Gasteiger partial charge in [0.1, 0.15) is 0 Å². The normalized spacial score (nSPS) is 14.3. The molecule has 110 valence electrons. The molecule has 3 nitrogen and oxygen atoms in total. The molecule has 0 aliphatic carbocycles. The summed E-state index contributed by atoms with van der Waals surface area (Å²) in [5.74, 6) is 0.305. The number of para-hydroxylation sites is 1. The van der Waals surface area contributed by atoms with Gasteiger partial charge >= 0.3 is 0 Å². The lowest BCUT2D eigenvalue weighted by molar-refractivity contribution is 0.591. The average molecular weight is 322 g/mol. The minimum absolute atomic E-state index is 0.305. The number of aryl methyl sites for hydroxylation is 1. The first kappa shape index (κ1) is 14.4. The smallest absolute Gasteiger partial charge is 0.264 e. The lowest BCUT2D eigenvalue weighted by Crippen LogP contribution is -2.29. The van der Waals surface area contributed by atoms with Gasteiger partial charge in [-0.3, -0.25) is 4.31 Å². The molecule has 0 amide bonds. The molecule has 0 spiro atoms. The van der Waals surface area contributed by atoms with Crippen molar-refractivity contribution in [2.45, 2.75) is 24.1 Å². The quantitative estimate of drug-likeness (QED) is 0.812. The van der Waals surface area contributed by atoms with E-state index in [9.17, 15) is 8.42 Å². The van der Waals surface area contributed by atoms with Crippen LogP contribution in [0.25, 0.3) is 0 Å². The molecule has 0 atom stereocenters. The zero-order chi connectivity index (χ0) is 15.0. The minimum atomic E-state index is -3.54. The Balaban J connectivity index is 2.10. The molecule has 1 aliphatic heterocycles. The molecule has 0 fully saturated rings. The van der Waals surface area contributed by atoms with Crippen LogP contribution in [0.15, 0.2) is 47.4 Å². The standard InChI is InChI=1S/C16H16ClNO2S/c1-12-6-7-13(11-17)10-16(12)21(19,20)18-9-8-14-4-2-3-5-15(14)18/h2-7,10H,8-9,11H2,1H3. The van der Waals surface area contributed by atoms with Gasteiger partial charge in [0.2, 0.25) is 0 Å². The van der Waals surface area contributed by atoms with E-state index in [0.717, 1.165) is 28.8 Å². The van der Waals surface area contributed by atoms with Crippen molar-refractivity contribution in [1.29, 1.82) is 0 Å². The second-order valence-electron chi connectivity index (χ2n) is 5.19. The Hall–Kier alpha value is -1.52. The Morgan fingerprint density at radius 1 is 1.19 bits per heavy atom. The van der Waals surface area contributed by atoms with Gasteiger partial charge in [0.25, 0.3) is 10.0 Å². The molecule has 5 heteroatoms. The minimum Gasteiger partial charge on any atom is -0.266 e. The van der Waals surface area contributed by atoms with Crippen LogP contribution in [0.1, 0.15) is 16.7 Å². The third-order valence-electron chi connectivity index (χ3n) is 3.82. The zero-order valence-corrected chi connectivity index (χ0v) is 13.3. The number of hydrogen-bond acceptors (Lipinski definition) is 2. The Kier molecular flexibility index (Phi) is 3.68. The van der Waals surface area contributed by atoms with Gasteiger partial charge in [0, 0.05) is 12.4 Å². The van der Waals surface area contributed by atoms with Crippen LogP contribution in [-0.2, 0) is 22.3 Å². The predicted molar refractivity (Wildman–Crippen MR) is 85.4 cm³/mol. The number of hydrogen-bond donors (Lipinski definition) is 0.